The third kappa shape index (κ3) is 1.97. The minimum atomic E-state index is -0.438. The zero-order valence-electron chi connectivity index (χ0n) is 10.1. The Bertz CT molecular complexity index is 623. The lowest BCUT2D eigenvalue weighted by Crippen LogP contribution is -1.96. The first-order valence-corrected chi connectivity index (χ1v) is 5.52. The highest BCUT2D eigenvalue weighted by Gasteiger charge is 2.19. The van der Waals surface area contributed by atoms with Gasteiger partial charge in [0.1, 0.15) is 5.82 Å². The monoisotopic (exact) mass is 245 g/mol. The Kier molecular flexibility index (Phi) is 3.10. The van der Waals surface area contributed by atoms with Crippen LogP contribution in [0.15, 0.2) is 36.4 Å². The van der Waals surface area contributed by atoms with Crippen molar-refractivity contribution in [2.45, 2.75) is 13.8 Å². The van der Waals surface area contributed by atoms with Crippen molar-refractivity contribution < 1.29 is 9.31 Å². The van der Waals surface area contributed by atoms with Crippen molar-refractivity contribution in [1.29, 1.82) is 0 Å². The van der Waals surface area contributed by atoms with Gasteiger partial charge in [0, 0.05) is 6.07 Å². The van der Waals surface area contributed by atoms with Gasteiger partial charge in [0.05, 0.1) is 10.5 Å². The Labute approximate surface area is 104 Å². The highest BCUT2D eigenvalue weighted by Crippen LogP contribution is 2.35. The molecule has 0 saturated heterocycles. The van der Waals surface area contributed by atoms with Crippen molar-refractivity contribution >= 4 is 5.69 Å². The van der Waals surface area contributed by atoms with E-state index in [-0.39, 0.29) is 11.5 Å². The number of hydrogen-bond acceptors (Lipinski definition) is 2. The van der Waals surface area contributed by atoms with Crippen molar-refractivity contribution in [2.24, 2.45) is 0 Å². The molecule has 0 bridgehead atoms. The molecule has 0 aliphatic heterocycles. The Balaban J connectivity index is 2.78. The van der Waals surface area contributed by atoms with Gasteiger partial charge in [0.2, 0.25) is 0 Å². The minimum absolute atomic E-state index is 0.00343. The van der Waals surface area contributed by atoms with Gasteiger partial charge >= 0.3 is 0 Å². The number of benzene rings is 2. The van der Waals surface area contributed by atoms with Crippen LogP contribution >= 0.6 is 0 Å². The summed E-state index contributed by atoms with van der Waals surface area (Å²) >= 11 is 0. The second-order valence-corrected chi connectivity index (χ2v) is 4.14. The van der Waals surface area contributed by atoms with Crippen molar-refractivity contribution in [3.05, 3.63) is 63.5 Å². The molecule has 2 rings (SSSR count). The van der Waals surface area contributed by atoms with Crippen molar-refractivity contribution in [1.82, 2.24) is 0 Å². The summed E-state index contributed by atoms with van der Waals surface area (Å²) in [5.74, 6) is -0.356. The maximum Gasteiger partial charge on any atom is 0.277 e. The average Bonchev–Trinajstić information content (AvgIpc) is 2.33. The van der Waals surface area contributed by atoms with Crippen LogP contribution in [0.25, 0.3) is 11.1 Å². The summed E-state index contributed by atoms with van der Waals surface area (Å²) in [5, 5.41) is 11.1. The van der Waals surface area contributed by atoms with E-state index in [1.54, 1.807) is 38.1 Å². The second-order valence-electron chi connectivity index (χ2n) is 4.14. The molecule has 0 heterocycles. The maximum absolute atomic E-state index is 13.6. The molecule has 0 aliphatic carbocycles. The van der Waals surface area contributed by atoms with E-state index < -0.39 is 4.92 Å². The number of aryl methyl sites for hydroxylation is 1. The van der Waals surface area contributed by atoms with Crippen LogP contribution < -0.4 is 0 Å². The summed E-state index contributed by atoms with van der Waals surface area (Å²) in [5.41, 5.74) is 2.25. The minimum Gasteiger partial charge on any atom is -0.258 e. The van der Waals surface area contributed by atoms with Crippen LogP contribution in [0.2, 0.25) is 0 Å². The smallest absolute Gasteiger partial charge is 0.258 e. The molecule has 0 N–H and O–H groups in total. The second kappa shape index (κ2) is 4.56. The first-order chi connectivity index (χ1) is 8.52. The topological polar surface area (TPSA) is 43.1 Å². The van der Waals surface area contributed by atoms with Gasteiger partial charge in [-0.2, -0.15) is 0 Å². The van der Waals surface area contributed by atoms with E-state index in [9.17, 15) is 14.5 Å². The Hall–Kier alpha value is -2.23. The lowest BCUT2D eigenvalue weighted by Gasteiger charge is -2.10. The fraction of sp³-hybridized carbons (Fsp3) is 0.143. The van der Waals surface area contributed by atoms with E-state index >= 15 is 0 Å². The van der Waals surface area contributed by atoms with E-state index in [1.807, 2.05) is 0 Å². The SMILES string of the molecule is Cc1cccc([N+](=O)[O-])c1-c1cccc(F)c1C. The van der Waals surface area contributed by atoms with E-state index in [1.165, 1.54) is 12.1 Å². The van der Waals surface area contributed by atoms with Crippen LogP contribution in [0.4, 0.5) is 10.1 Å². The van der Waals surface area contributed by atoms with E-state index in [4.69, 9.17) is 0 Å². The summed E-state index contributed by atoms with van der Waals surface area (Å²) < 4.78 is 13.6. The molecular weight excluding hydrogens is 233 g/mol. The van der Waals surface area contributed by atoms with E-state index in [2.05, 4.69) is 0 Å². The number of nitro benzene ring substituents is 1. The van der Waals surface area contributed by atoms with Crippen LogP contribution in [0.1, 0.15) is 11.1 Å². The van der Waals surface area contributed by atoms with Gasteiger partial charge in [0.15, 0.2) is 0 Å². The number of nitrogens with zero attached hydrogens (tertiary/aromatic N) is 1. The Morgan fingerprint density at radius 2 is 1.78 bits per heavy atom. The first kappa shape index (κ1) is 12.2. The fourth-order valence-corrected chi connectivity index (χ4v) is 2.03. The molecule has 0 amide bonds. The quantitative estimate of drug-likeness (QED) is 0.592. The Morgan fingerprint density at radius 1 is 1.11 bits per heavy atom. The predicted molar refractivity (Wildman–Crippen MR) is 68.0 cm³/mol. The summed E-state index contributed by atoms with van der Waals surface area (Å²) in [6.07, 6.45) is 0. The largest absolute Gasteiger partial charge is 0.277 e. The molecule has 4 heteroatoms. The lowest BCUT2D eigenvalue weighted by atomic mass is 9.95. The number of nitro groups is 1. The van der Waals surface area contributed by atoms with Crippen molar-refractivity contribution in [3.63, 3.8) is 0 Å². The zero-order valence-corrected chi connectivity index (χ0v) is 10.1. The maximum atomic E-state index is 13.6. The summed E-state index contributed by atoms with van der Waals surface area (Å²) in [6, 6.07) is 9.47. The third-order valence-corrected chi connectivity index (χ3v) is 2.98. The predicted octanol–water partition coefficient (Wildman–Crippen LogP) is 4.02. The van der Waals surface area contributed by atoms with Crippen molar-refractivity contribution in [2.75, 3.05) is 0 Å². The van der Waals surface area contributed by atoms with Gasteiger partial charge in [0.25, 0.3) is 5.69 Å². The lowest BCUT2D eigenvalue weighted by molar-refractivity contribution is -0.384. The number of halogens is 1. The van der Waals surface area contributed by atoms with Crippen molar-refractivity contribution in [3.8, 4) is 11.1 Å². The number of hydrogen-bond donors (Lipinski definition) is 0. The van der Waals surface area contributed by atoms with Crippen LogP contribution in [0.5, 0.6) is 0 Å². The molecule has 0 radical (unpaired) electrons. The normalized spacial score (nSPS) is 10.4. The summed E-state index contributed by atoms with van der Waals surface area (Å²) in [4.78, 5) is 10.6. The van der Waals surface area contributed by atoms with Crippen LogP contribution in [0, 0.1) is 29.8 Å². The highest BCUT2D eigenvalue weighted by atomic mass is 19.1. The van der Waals surface area contributed by atoms with Gasteiger partial charge in [-0.05, 0) is 36.6 Å². The molecule has 18 heavy (non-hydrogen) atoms. The molecule has 0 unspecified atom stereocenters. The van der Waals surface area contributed by atoms with Crippen LogP contribution in [-0.4, -0.2) is 4.92 Å². The molecule has 0 fully saturated rings. The van der Waals surface area contributed by atoms with E-state index in [0.29, 0.717) is 16.7 Å². The van der Waals surface area contributed by atoms with Gasteiger partial charge in [-0.25, -0.2) is 4.39 Å². The molecular formula is C14H12FNO2. The molecule has 92 valence electrons. The molecule has 2 aromatic rings. The van der Waals surface area contributed by atoms with Crippen LogP contribution in [0.3, 0.4) is 0 Å². The average molecular weight is 245 g/mol. The van der Waals surface area contributed by atoms with Gasteiger partial charge in [-0.1, -0.05) is 24.3 Å². The highest BCUT2D eigenvalue weighted by molar-refractivity contribution is 5.78. The first-order valence-electron chi connectivity index (χ1n) is 5.52. The fourth-order valence-electron chi connectivity index (χ4n) is 2.03. The third-order valence-electron chi connectivity index (χ3n) is 2.98. The van der Waals surface area contributed by atoms with E-state index in [0.717, 1.165) is 5.56 Å². The molecule has 0 aromatic heterocycles. The standard InChI is InChI=1S/C14H12FNO2/c1-9-5-3-8-13(16(17)18)14(9)11-6-4-7-12(15)10(11)2/h3-8H,1-2H3. The van der Waals surface area contributed by atoms with Gasteiger partial charge < -0.3 is 0 Å². The molecule has 0 atom stereocenters. The zero-order chi connectivity index (χ0) is 13.3. The summed E-state index contributed by atoms with van der Waals surface area (Å²) in [7, 11) is 0. The molecule has 3 nitrogen and oxygen atoms in total. The molecule has 2 aromatic carbocycles. The Morgan fingerprint density at radius 3 is 2.44 bits per heavy atom. The van der Waals surface area contributed by atoms with Crippen LogP contribution in [-0.2, 0) is 0 Å². The molecule has 0 saturated carbocycles. The molecule has 0 spiro atoms. The summed E-state index contributed by atoms with van der Waals surface area (Å²) in [6.45, 7) is 3.41. The van der Waals surface area contributed by atoms with Gasteiger partial charge in [-0.15, -0.1) is 0 Å². The number of rotatable bonds is 2. The van der Waals surface area contributed by atoms with Gasteiger partial charge in [-0.3, -0.25) is 10.1 Å². The molecule has 0 aliphatic rings.